The monoisotopic (exact) mass is 381 g/mol. The van der Waals surface area contributed by atoms with Crippen LogP contribution in [0.1, 0.15) is 32.8 Å². The maximum absolute atomic E-state index is 13.0. The summed E-state index contributed by atoms with van der Waals surface area (Å²) >= 11 is 0. The Balaban J connectivity index is 2.31. The predicted octanol–water partition coefficient (Wildman–Crippen LogP) is 3.16. The van der Waals surface area contributed by atoms with E-state index in [0.29, 0.717) is 24.2 Å². The van der Waals surface area contributed by atoms with Gasteiger partial charge in [0.1, 0.15) is 11.6 Å². The van der Waals surface area contributed by atoms with Crippen molar-refractivity contribution in [3.8, 4) is 6.07 Å². The molecule has 6 heteroatoms. The number of hydrogen-bond acceptors (Lipinski definition) is 5. The summed E-state index contributed by atoms with van der Waals surface area (Å²) in [4.78, 5) is 28.7. The van der Waals surface area contributed by atoms with Gasteiger partial charge < -0.3 is 9.64 Å². The molecule has 1 aliphatic rings. The van der Waals surface area contributed by atoms with Crippen molar-refractivity contribution >= 4 is 23.6 Å². The van der Waals surface area contributed by atoms with Crippen molar-refractivity contribution in [2.24, 2.45) is 0 Å². The van der Waals surface area contributed by atoms with Crippen LogP contribution in [0.15, 0.2) is 41.0 Å². The van der Waals surface area contributed by atoms with Crippen molar-refractivity contribution < 1.29 is 14.3 Å². The summed E-state index contributed by atoms with van der Waals surface area (Å²) in [5.74, 6) is -0.905. The summed E-state index contributed by atoms with van der Waals surface area (Å²) in [5.41, 5.74) is 2.69. The number of hydrogen-bond donors (Lipinski definition) is 0. The van der Waals surface area contributed by atoms with Crippen LogP contribution in [0, 0.1) is 11.3 Å². The van der Waals surface area contributed by atoms with Crippen molar-refractivity contribution in [2.45, 2.75) is 33.3 Å². The number of benzene rings is 1. The summed E-state index contributed by atoms with van der Waals surface area (Å²) < 4.78 is 5.49. The van der Waals surface area contributed by atoms with Gasteiger partial charge in [-0.25, -0.2) is 0 Å². The molecule has 2 amide bonds. The Hall–Kier alpha value is -2.91. The van der Waals surface area contributed by atoms with Crippen LogP contribution in [-0.4, -0.2) is 50.1 Å². The molecular weight excluding hydrogens is 354 g/mol. The Morgan fingerprint density at radius 1 is 1.18 bits per heavy atom. The summed E-state index contributed by atoms with van der Waals surface area (Å²) in [7, 11) is 3.91. The zero-order valence-electron chi connectivity index (χ0n) is 17.2. The second-order valence-electron chi connectivity index (χ2n) is 7.19. The molecule has 6 nitrogen and oxygen atoms in total. The van der Waals surface area contributed by atoms with Crippen molar-refractivity contribution in [2.75, 3.05) is 32.1 Å². The molecule has 0 aromatic heterocycles. The number of carbonyl (C=O) groups is 2. The molecule has 0 unspecified atom stereocenters. The molecule has 1 aromatic carbocycles. The van der Waals surface area contributed by atoms with Crippen LogP contribution in [0.3, 0.4) is 0 Å². The van der Waals surface area contributed by atoms with Crippen molar-refractivity contribution in [1.82, 2.24) is 4.90 Å². The summed E-state index contributed by atoms with van der Waals surface area (Å²) in [6.07, 6.45) is 2.35. The smallest absolute Gasteiger partial charge is 0.271 e. The minimum atomic E-state index is -0.533. The molecule has 2 rings (SSSR count). The molecule has 1 aliphatic heterocycles. The van der Waals surface area contributed by atoms with Gasteiger partial charge in [0, 0.05) is 38.5 Å². The number of carbonyl (C=O) groups excluding carboxylic acids is 2. The minimum Gasteiger partial charge on any atom is -0.379 e. The Labute approximate surface area is 166 Å². The second-order valence-corrected chi connectivity index (χ2v) is 7.19. The van der Waals surface area contributed by atoms with Gasteiger partial charge in [-0.1, -0.05) is 12.1 Å². The zero-order chi connectivity index (χ0) is 20.8. The number of nitriles is 1. The van der Waals surface area contributed by atoms with Gasteiger partial charge in [-0.15, -0.1) is 0 Å². The van der Waals surface area contributed by atoms with Crippen LogP contribution in [0.4, 0.5) is 5.69 Å². The Kier molecular flexibility index (Phi) is 7.13. The lowest BCUT2D eigenvalue weighted by molar-refractivity contribution is -0.140. The fourth-order valence-corrected chi connectivity index (χ4v) is 2.91. The van der Waals surface area contributed by atoms with E-state index in [1.54, 1.807) is 13.0 Å². The lowest BCUT2D eigenvalue weighted by Gasteiger charge is -2.27. The summed E-state index contributed by atoms with van der Waals surface area (Å²) in [5, 5.41) is 9.44. The Morgan fingerprint density at radius 3 is 2.36 bits per heavy atom. The number of nitrogens with zero attached hydrogens (tertiary/aromatic N) is 3. The molecular formula is C22H27N3O3. The van der Waals surface area contributed by atoms with E-state index < -0.39 is 5.91 Å². The van der Waals surface area contributed by atoms with E-state index in [2.05, 4.69) is 0 Å². The molecule has 0 bridgehead atoms. The summed E-state index contributed by atoms with van der Waals surface area (Å²) in [6, 6.07) is 9.69. The first-order valence-electron chi connectivity index (χ1n) is 9.34. The fourth-order valence-electron chi connectivity index (χ4n) is 2.91. The third kappa shape index (κ3) is 4.87. The molecule has 0 radical (unpaired) electrons. The quantitative estimate of drug-likeness (QED) is 0.412. The van der Waals surface area contributed by atoms with Crippen LogP contribution in [0.5, 0.6) is 0 Å². The van der Waals surface area contributed by atoms with Gasteiger partial charge >= 0.3 is 0 Å². The van der Waals surface area contributed by atoms with E-state index in [4.69, 9.17) is 4.74 Å². The first-order valence-corrected chi connectivity index (χ1v) is 9.34. The molecule has 0 aliphatic carbocycles. The first kappa shape index (κ1) is 21.4. The average molecular weight is 381 g/mol. The van der Waals surface area contributed by atoms with E-state index in [-0.39, 0.29) is 24.1 Å². The number of imide groups is 1. The maximum atomic E-state index is 13.0. The number of rotatable bonds is 7. The van der Waals surface area contributed by atoms with Gasteiger partial charge in [0.05, 0.1) is 6.10 Å². The molecule has 28 heavy (non-hydrogen) atoms. The summed E-state index contributed by atoms with van der Waals surface area (Å²) in [6.45, 7) is 6.18. The number of ether oxygens (including phenoxy) is 1. The Bertz CT molecular complexity index is 843. The van der Waals surface area contributed by atoms with Crippen LogP contribution < -0.4 is 4.90 Å². The molecule has 0 saturated heterocycles. The highest BCUT2D eigenvalue weighted by molar-refractivity contribution is 6.19. The highest BCUT2D eigenvalue weighted by atomic mass is 16.5. The lowest BCUT2D eigenvalue weighted by atomic mass is 9.93. The minimum absolute atomic E-state index is 0.0144. The maximum Gasteiger partial charge on any atom is 0.271 e. The van der Waals surface area contributed by atoms with E-state index in [1.807, 2.05) is 63.2 Å². The molecule has 1 aromatic rings. The van der Waals surface area contributed by atoms with E-state index in [9.17, 15) is 14.9 Å². The third-order valence-corrected chi connectivity index (χ3v) is 4.52. The van der Waals surface area contributed by atoms with Crippen molar-refractivity contribution in [1.29, 1.82) is 5.26 Å². The van der Waals surface area contributed by atoms with Crippen molar-refractivity contribution in [3.05, 3.63) is 46.5 Å². The standard InChI is InChI=1S/C22H27N3O3/c1-15(2)28-12-6-11-25-21(26)19(16(3)20(14-23)22(25)27)13-17-7-9-18(10-8-17)24(4)5/h7-10,13,15H,6,11-12H2,1-5H3/b19-13+. The van der Waals surface area contributed by atoms with Gasteiger partial charge in [0.25, 0.3) is 11.8 Å². The normalized spacial score (nSPS) is 16.2. The third-order valence-electron chi connectivity index (χ3n) is 4.52. The topological polar surface area (TPSA) is 73.6 Å². The second kappa shape index (κ2) is 9.34. The highest BCUT2D eigenvalue weighted by Crippen LogP contribution is 2.27. The van der Waals surface area contributed by atoms with Crippen LogP contribution in [0.2, 0.25) is 0 Å². The van der Waals surface area contributed by atoms with Gasteiger partial charge in [0.15, 0.2) is 0 Å². The van der Waals surface area contributed by atoms with Gasteiger partial charge in [-0.2, -0.15) is 5.26 Å². The zero-order valence-corrected chi connectivity index (χ0v) is 17.2. The van der Waals surface area contributed by atoms with Crippen molar-refractivity contribution in [3.63, 3.8) is 0 Å². The van der Waals surface area contributed by atoms with Gasteiger partial charge in [-0.05, 0) is 56.5 Å². The Morgan fingerprint density at radius 2 is 1.82 bits per heavy atom. The molecule has 148 valence electrons. The molecule has 0 saturated carbocycles. The first-order chi connectivity index (χ1) is 13.3. The number of anilines is 1. The number of amides is 2. The van der Waals surface area contributed by atoms with Crippen LogP contribution >= 0.6 is 0 Å². The van der Waals surface area contributed by atoms with E-state index >= 15 is 0 Å². The average Bonchev–Trinajstić information content (AvgIpc) is 2.65. The van der Waals surface area contributed by atoms with E-state index in [0.717, 1.165) is 16.2 Å². The molecule has 0 fully saturated rings. The highest BCUT2D eigenvalue weighted by Gasteiger charge is 2.35. The van der Waals surface area contributed by atoms with Crippen LogP contribution in [0.25, 0.3) is 6.08 Å². The molecule has 0 spiro atoms. The predicted molar refractivity (Wildman–Crippen MR) is 109 cm³/mol. The van der Waals surface area contributed by atoms with Gasteiger partial charge in [0.2, 0.25) is 0 Å². The van der Waals surface area contributed by atoms with E-state index in [1.165, 1.54) is 0 Å². The van der Waals surface area contributed by atoms with Crippen LogP contribution in [-0.2, 0) is 14.3 Å². The van der Waals surface area contributed by atoms with Gasteiger partial charge in [-0.3, -0.25) is 14.5 Å². The SMILES string of the molecule is CC1=C(C#N)C(=O)N(CCCOC(C)C)C(=O)/C1=C/c1ccc(N(C)C)cc1. The largest absolute Gasteiger partial charge is 0.379 e. The molecule has 0 N–H and O–H groups in total. The molecule has 0 atom stereocenters. The molecule has 1 heterocycles. The fraction of sp³-hybridized carbons (Fsp3) is 0.409. The lowest BCUT2D eigenvalue weighted by Crippen LogP contribution is -2.43.